The number of carbonyl (C=O) groups excluding carboxylic acids is 1. The van der Waals surface area contributed by atoms with Crippen molar-refractivity contribution in [1.82, 2.24) is 5.32 Å². The van der Waals surface area contributed by atoms with E-state index in [1.54, 1.807) is 24.3 Å². The molecule has 1 saturated carbocycles. The second-order valence-electron chi connectivity index (χ2n) is 7.10. The van der Waals surface area contributed by atoms with Crippen LogP contribution in [0.2, 0.25) is 0 Å². The highest BCUT2D eigenvalue weighted by atomic mass is 16.5. The van der Waals surface area contributed by atoms with Crippen molar-refractivity contribution in [2.75, 3.05) is 6.61 Å². The van der Waals surface area contributed by atoms with Crippen LogP contribution >= 0.6 is 0 Å². The Bertz CT molecular complexity index is 827. The van der Waals surface area contributed by atoms with Crippen LogP contribution in [0, 0.1) is 12.8 Å². The van der Waals surface area contributed by atoms with Crippen LogP contribution in [0.25, 0.3) is 0 Å². The van der Waals surface area contributed by atoms with Gasteiger partial charge in [-0.05, 0) is 55.4 Å². The van der Waals surface area contributed by atoms with Gasteiger partial charge in [0.2, 0.25) is 5.91 Å². The second-order valence-corrected chi connectivity index (χ2v) is 7.10. The van der Waals surface area contributed by atoms with E-state index >= 15 is 0 Å². The van der Waals surface area contributed by atoms with E-state index in [0.717, 1.165) is 23.5 Å². The lowest BCUT2D eigenvalue weighted by molar-refractivity contribution is -0.121. The summed E-state index contributed by atoms with van der Waals surface area (Å²) in [5, 5.41) is 12.1. The first-order valence-corrected chi connectivity index (χ1v) is 9.33. The van der Waals surface area contributed by atoms with Gasteiger partial charge in [0.05, 0.1) is 12.2 Å². The summed E-state index contributed by atoms with van der Waals surface area (Å²) in [6, 6.07) is 12.8. The van der Waals surface area contributed by atoms with Crippen molar-refractivity contribution in [2.24, 2.45) is 5.92 Å². The molecule has 0 aliphatic heterocycles. The van der Waals surface area contributed by atoms with Crippen molar-refractivity contribution >= 4 is 11.9 Å². The van der Waals surface area contributed by atoms with Gasteiger partial charge in [-0.2, -0.15) is 0 Å². The molecule has 2 N–H and O–H groups in total. The average molecular weight is 367 g/mol. The summed E-state index contributed by atoms with van der Waals surface area (Å²) in [5.74, 6) is 0.424. The number of hydrogen-bond acceptors (Lipinski definition) is 3. The molecule has 0 radical (unpaired) electrons. The molecule has 0 heterocycles. The maximum absolute atomic E-state index is 12.2. The van der Waals surface area contributed by atoms with E-state index in [9.17, 15) is 14.7 Å². The van der Waals surface area contributed by atoms with E-state index in [2.05, 4.69) is 5.32 Å². The zero-order valence-electron chi connectivity index (χ0n) is 15.5. The minimum absolute atomic E-state index is 0.107. The maximum Gasteiger partial charge on any atom is 0.335 e. The predicted octanol–water partition coefficient (Wildman–Crippen LogP) is 3.73. The molecule has 1 aliphatic carbocycles. The molecule has 0 atom stereocenters. The van der Waals surface area contributed by atoms with E-state index in [0.29, 0.717) is 24.4 Å². The topological polar surface area (TPSA) is 75.6 Å². The van der Waals surface area contributed by atoms with Gasteiger partial charge in [0.15, 0.2) is 0 Å². The van der Waals surface area contributed by atoms with Crippen LogP contribution in [0.4, 0.5) is 0 Å². The van der Waals surface area contributed by atoms with E-state index < -0.39 is 5.97 Å². The molecule has 0 unspecified atom stereocenters. The smallest absolute Gasteiger partial charge is 0.335 e. The normalized spacial score (nSPS) is 13.2. The summed E-state index contributed by atoms with van der Waals surface area (Å²) >= 11 is 0. The van der Waals surface area contributed by atoms with Crippen molar-refractivity contribution < 1.29 is 19.4 Å². The highest BCUT2D eigenvalue weighted by Crippen LogP contribution is 2.30. The number of nitrogens with one attached hydrogen (secondary N) is 1. The Hall–Kier alpha value is -2.82. The molecule has 27 heavy (non-hydrogen) atoms. The fourth-order valence-electron chi connectivity index (χ4n) is 2.91. The monoisotopic (exact) mass is 367 g/mol. The van der Waals surface area contributed by atoms with Crippen molar-refractivity contribution in [3.8, 4) is 5.75 Å². The number of ether oxygens (including phenoxy) is 1. The van der Waals surface area contributed by atoms with Gasteiger partial charge in [0.25, 0.3) is 0 Å². The van der Waals surface area contributed by atoms with E-state index in [4.69, 9.17) is 4.74 Å². The van der Waals surface area contributed by atoms with Gasteiger partial charge in [0, 0.05) is 18.5 Å². The van der Waals surface area contributed by atoms with Gasteiger partial charge in [0.1, 0.15) is 5.75 Å². The molecule has 0 bridgehead atoms. The molecule has 2 aromatic carbocycles. The zero-order valence-corrected chi connectivity index (χ0v) is 15.5. The Morgan fingerprint density at radius 2 is 1.93 bits per heavy atom. The first-order valence-electron chi connectivity index (χ1n) is 9.33. The number of benzene rings is 2. The number of carbonyl (C=O) groups is 2. The molecular weight excluding hydrogens is 342 g/mol. The summed E-state index contributed by atoms with van der Waals surface area (Å²) in [6.45, 7) is 3.16. The lowest BCUT2D eigenvalue weighted by atomic mass is 10.0. The van der Waals surface area contributed by atoms with Crippen LogP contribution in [0.5, 0.6) is 5.75 Å². The Kier molecular flexibility index (Phi) is 6.12. The number of carboxylic acid groups (broad SMARTS) is 1. The zero-order chi connectivity index (χ0) is 19.2. The van der Waals surface area contributed by atoms with Crippen LogP contribution in [-0.2, 0) is 17.8 Å². The number of amides is 1. The largest absolute Gasteiger partial charge is 0.493 e. The number of carboxylic acids is 1. The van der Waals surface area contributed by atoms with Crippen molar-refractivity contribution in [1.29, 1.82) is 0 Å². The highest BCUT2D eigenvalue weighted by molar-refractivity contribution is 5.89. The van der Waals surface area contributed by atoms with E-state index in [1.807, 2.05) is 25.1 Å². The van der Waals surface area contributed by atoms with Gasteiger partial charge < -0.3 is 15.2 Å². The van der Waals surface area contributed by atoms with Gasteiger partial charge in [-0.1, -0.05) is 30.3 Å². The Labute approximate surface area is 159 Å². The fraction of sp³-hybridized carbons (Fsp3) is 0.364. The summed E-state index contributed by atoms with van der Waals surface area (Å²) in [5.41, 5.74) is 3.00. The third kappa shape index (κ3) is 5.58. The van der Waals surface area contributed by atoms with Crippen LogP contribution in [0.1, 0.15) is 46.3 Å². The lowest BCUT2D eigenvalue weighted by Crippen LogP contribution is -2.23. The average Bonchev–Trinajstić information content (AvgIpc) is 3.48. The quantitative estimate of drug-likeness (QED) is 0.708. The molecular formula is C22H25NO4. The fourth-order valence-corrected chi connectivity index (χ4v) is 2.91. The number of aromatic carboxylic acids is 1. The van der Waals surface area contributed by atoms with Crippen LogP contribution in [-0.4, -0.2) is 23.6 Å². The summed E-state index contributed by atoms with van der Waals surface area (Å²) in [7, 11) is 0. The summed E-state index contributed by atoms with van der Waals surface area (Å²) < 4.78 is 5.93. The molecule has 5 heteroatoms. The van der Waals surface area contributed by atoms with Gasteiger partial charge in [-0.15, -0.1) is 0 Å². The van der Waals surface area contributed by atoms with Crippen molar-refractivity contribution in [3.63, 3.8) is 0 Å². The molecule has 5 nitrogen and oxygen atoms in total. The molecule has 0 spiro atoms. The first kappa shape index (κ1) is 19.0. The van der Waals surface area contributed by atoms with Gasteiger partial charge >= 0.3 is 5.97 Å². The predicted molar refractivity (Wildman–Crippen MR) is 103 cm³/mol. The second kappa shape index (κ2) is 8.71. The van der Waals surface area contributed by atoms with Gasteiger partial charge in [-0.3, -0.25) is 4.79 Å². The Morgan fingerprint density at radius 1 is 1.15 bits per heavy atom. The summed E-state index contributed by atoms with van der Waals surface area (Å²) in [6.07, 6.45) is 3.10. The van der Waals surface area contributed by atoms with Crippen molar-refractivity contribution in [2.45, 2.75) is 39.2 Å². The number of rotatable bonds is 9. The Morgan fingerprint density at radius 3 is 2.67 bits per heavy atom. The third-order valence-electron chi connectivity index (χ3n) is 4.74. The molecule has 3 rings (SSSR count). The Balaban J connectivity index is 1.54. The highest BCUT2D eigenvalue weighted by Gasteiger charge is 2.22. The molecule has 2 aromatic rings. The summed E-state index contributed by atoms with van der Waals surface area (Å²) in [4.78, 5) is 23.5. The molecule has 0 aromatic heterocycles. The number of aryl methyl sites for hydroxylation is 2. The lowest BCUT2D eigenvalue weighted by Gasteiger charge is -2.13. The van der Waals surface area contributed by atoms with E-state index in [-0.39, 0.29) is 17.9 Å². The first-order chi connectivity index (χ1) is 13.0. The standard InChI is InChI=1S/C22H25NO4/c1-15-6-9-18(20(12-15)27-14-16-7-8-16)13-23-21(24)11-10-17-4-2-3-5-19(17)22(25)26/h2-6,9,12,16H,7-8,10-11,13-14H2,1H3,(H,23,24)(H,25,26). The minimum Gasteiger partial charge on any atom is -0.493 e. The van der Waals surface area contributed by atoms with Crippen LogP contribution in [0.3, 0.4) is 0 Å². The number of hydrogen-bond donors (Lipinski definition) is 2. The minimum atomic E-state index is -0.969. The molecule has 1 fully saturated rings. The van der Waals surface area contributed by atoms with Gasteiger partial charge in [-0.25, -0.2) is 4.79 Å². The van der Waals surface area contributed by atoms with E-state index in [1.165, 1.54) is 12.8 Å². The molecule has 0 saturated heterocycles. The van der Waals surface area contributed by atoms with Crippen molar-refractivity contribution in [3.05, 3.63) is 64.7 Å². The SMILES string of the molecule is Cc1ccc(CNC(=O)CCc2ccccc2C(=O)O)c(OCC2CC2)c1. The van der Waals surface area contributed by atoms with Crippen LogP contribution in [0.15, 0.2) is 42.5 Å². The maximum atomic E-state index is 12.2. The molecule has 1 amide bonds. The molecule has 1 aliphatic rings. The third-order valence-corrected chi connectivity index (χ3v) is 4.74. The molecule has 142 valence electrons. The van der Waals surface area contributed by atoms with Crippen LogP contribution < -0.4 is 10.1 Å².